The average molecular weight is 618 g/mol. The van der Waals surface area contributed by atoms with E-state index in [1.807, 2.05) is 6.20 Å². The molecule has 46 heavy (non-hydrogen) atoms. The maximum atomic E-state index is 12.6. The molecule has 1 amide bonds. The highest BCUT2D eigenvalue weighted by Gasteiger charge is 2.27. The van der Waals surface area contributed by atoms with Crippen LogP contribution in [0.1, 0.15) is 129 Å². The number of nitrogens with zero attached hydrogens (tertiary/aromatic N) is 3. The van der Waals surface area contributed by atoms with Crippen LogP contribution >= 0.6 is 0 Å². The molecule has 0 saturated carbocycles. The van der Waals surface area contributed by atoms with Gasteiger partial charge in [-0.05, 0) is 134 Å². The molecule has 4 nitrogen and oxygen atoms in total. The SMILES string of the molecule is C=C(/C=C\C=C(/C)n1ncc(C)c1CC)c1cccc2c1C(Cc1ccc(C3CCN(C(=O)CCCC)CC3)c(CC)c1)CCC2. The molecular formula is C42H55N3O. The monoisotopic (exact) mass is 617 g/mol. The number of fused-ring (bicyclic) bond motifs is 1. The minimum atomic E-state index is 0.345. The van der Waals surface area contributed by atoms with E-state index in [1.165, 1.54) is 57.5 Å². The van der Waals surface area contributed by atoms with Gasteiger partial charge in [0.1, 0.15) is 0 Å². The van der Waals surface area contributed by atoms with E-state index in [0.29, 0.717) is 24.2 Å². The first-order valence-corrected chi connectivity index (χ1v) is 17.9. The Morgan fingerprint density at radius 3 is 2.61 bits per heavy atom. The van der Waals surface area contributed by atoms with Gasteiger partial charge >= 0.3 is 0 Å². The maximum absolute atomic E-state index is 12.6. The lowest BCUT2D eigenvalue weighted by Crippen LogP contribution is -2.37. The van der Waals surface area contributed by atoms with Crippen LogP contribution in [0.3, 0.4) is 0 Å². The second-order valence-electron chi connectivity index (χ2n) is 13.5. The minimum absolute atomic E-state index is 0.345. The molecule has 0 N–H and O–H groups in total. The van der Waals surface area contributed by atoms with E-state index < -0.39 is 0 Å². The third kappa shape index (κ3) is 7.65. The Morgan fingerprint density at radius 1 is 1.07 bits per heavy atom. The van der Waals surface area contributed by atoms with Crippen LogP contribution in [-0.2, 0) is 30.5 Å². The lowest BCUT2D eigenvalue weighted by Gasteiger charge is -2.33. The predicted molar refractivity (Wildman–Crippen MR) is 194 cm³/mol. The zero-order chi connectivity index (χ0) is 32.6. The Bertz CT molecular complexity index is 1580. The Hall–Kier alpha value is -3.66. The number of unbranched alkanes of at least 4 members (excludes halogenated alkanes) is 1. The molecule has 1 aromatic heterocycles. The summed E-state index contributed by atoms with van der Waals surface area (Å²) in [5.41, 5.74) is 13.4. The van der Waals surface area contributed by atoms with Crippen LogP contribution in [0.2, 0.25) is 0 Å². The van der Waals surface area contributed by atoms with Gasteiger partial charge in [0.2, 0.25) is 5.91 Å². The third-order valence-electron chi connectivity index (χ3n) is 10.4. The highest BCUT2D eigenvalue weighted by Crippen LogP contribution is 2.40. The van der Waals surface area contributed by atoms with Crippen LogP contribution in [0.25, 0.3) is 11.3 Å². The van der Waals surface area contributed by atoms with Gasteiger partial charge in [-0.15, -0.1) is 0 Å². The molecule has 5 rings (SSSR count). The van der Waals surface area contributed by atoms with Gasteiger partial charge in [0, 0.05) is 30.9 Å². The summed E-state index contributed by atoms with van der Waals surface area (Å²) in [4.78, 5) is 14.7. The summed E-state index contributed by atoms with van der Waals surface area (Å²) in [7, 11) is 0. The Labute approximate surface area is 278 Å². The first kappa shape index (κ1) is 33.7. The molecule has 0 spiro atoms. The number of aromatic nitrogens is 2. The Kier molecular flexibility index (Phi) is 11.5. The molecule has 2 aromatic carbocycles. The number of carbonyl (C=O) groups excluding carboxylic acids is 1. The van der Waals surface area contributed by atoms with E-state index in [-0.39, 0.29) is 0 Å². The molecular weight excluding hydrogens is 562 g/mol. The quantitative estimate of drug-likeness (QED) is 0.190. The Morgan fingerprint density at radius 2 is 1.87 bits per heavy atom. The molecule has 0 bridgehead atoms. The second-order valence-corrected chi connectivity index (χ2v) is 13.5. The van der Waals surface area contributed by atoms with Crippen LogP contribution in [0, 0.1) is 6.92 Å². The number of likely N-dealkylation sites (tertiary alicyclic amines) is 1. The normalized spacial score (nSPS) is 17.5. The topological polar surface area (TPSA) is 38.1 Å². The third-order valence-corrected chi connectivity index (χ3v) is 10.4. The zero-order valence-electron chi connectivity index (χ0n) is 29.1. The van der Waals surface area contributed by atoms with Crippen molar-refractivity contribution < 1.29 is 4.79 Å². The second kappa shape index (κ2) is 15.8. The van der Waals surface area contributed by atoms with Crippen molar-refractivity contribution in [2.75, 3.05) is 13.1 Å². The summed E-state index contributed by atoms with van der Waals surface area (Å²) in [6, 6.07) is 14.1. The fourth-order valence-corrected chi connectivity index (χ4v) is 7.83. The molecule has 3 aromatic rings. The van der Waals surface area contributed by atoms with E-state index in [1.54, 1.807) is 0 Å². The lowest BCUT2D eigenvalue weighted by atomic mass is 9.75. The van der Waals surface area contributed by atoms with Gasteiger partial charge in [0.25, 0.3) is 0 Å². The number of rotatable bonds is 12. The fourth-order valence-electron chi connectivity index (χ4n) is 7.83. The number of allylic oxidation sites excluding steroid dienone is 5. The molecule has 2 aliphatic rings. The van der Waals surface area contributed by atoms with E-state index in [0.717, 1.165) is 75.7 Å². The molecule has 1 aliphatic heterocycles. The predicted octanol–water partition coefficient (Wildman–Crippen LogP) is 10.0. The number of piperidine rings is 1. The summed E-state index contributed by atoms with van der Waals surface area (Å²) in [5.74, 6) is 1.40. The first-order chi connectivity index (χ1) is 22.3. The van der Waals surface area contributed by atoms with Crippen LogP contribution < -0.4 is 0 Å². The fraction of sp³-hybridized carbons (Fsp3) is 0.476. The van der Waals surface area contributed by atoms with Gasteiger partial charge in [-0.25, -0.2) is 4.68 Å². The van der Waals surface area contributed by atoms with Gasteiger partial charge in [0.05, 0.1) is 6.20 Å². The van der Waals surface area contributed by atoms with Crippen molar-refractivity contribution in [2.45, 2.75) is 117 Å². The van der Waals surface area contributed by atoms with E-state index >= 15 is 0 Å². The maximum Gasteiger partial charge on any atom is 0.222 e. The van der Waals surface area contributed by atoms with E-state index in [4.69, 9.17) is 0 Å². The smallest absolute Gasteiger partial charge is 0.222 e. The van der Waals surface area contributed by atoms with Crippen molar-refractivity contribution in [2.24, 2.45) is 0 Å². The van der Waals surface area contributed by atoms with Gasteiger partial charge < -0.3 is 4.90 Å². The standard InChI is InChI=1S/C42H55N3O/c1-7-10-20-41(46)44-25-23-35(24-26-44)39-22-21-33(27-34(39)8-2)28-37-18-12-16-36-17-13-19-38(42(36)37)30(4)14-11-15-32(6)45-40(9-3)31(5)29-43-45/h11,13-15,17,19,21-22,27,29,35,37H,4,7-10,12,16,18,20,23-26,28H2,1-3,5-6H3/b14-11-,32-15+. The number of hydrogen-bond donors (Lipinski definition) is 0. The molecule has 4 heteroatoms. The largest absolute Gasteiger partial charge is 0.343 e. The summed E-state index contributed by atoms with van der Waals surface area (Å²) in [5, 5.41) is 4.59. The molecule has 1 unspecified atom stereocenters. The number of amides is 1. The van der Waals surface area contributed by atoms with Crippen LogP contribution in [0.4, 0.5) is 0 Å². The molecule has 1 saturated heterocycles. The van der Waals surface area contributed by atoms with Crippen molar-refractivity contribution in [3.05, 3.63) is 112 Å². The van der Waals surface area contributed by atoms with E-state index in [2.05, 4.69) is 111 Å². The number of aryl methyl sites for hydroxylation is 3. The first-order valence-electron chi connectivity index (χ1n) is 17.9. The minimum Gasteiger partial charge on any atom is -0.343 e. The summed E-state index contributed by atoms with van der Waals surface area (Å²) in [6.07, 6.45) is 20.0. The number of hydrogen-bond acceptors (Lipinski definition) is 2. The van der Waals surface area contributed by atoms with Gasteiger partial charge in [-0.3, -0.25) is 4.79 Å². The van der Waals surface area contributed by atoms with E-state index in [9.17, 15) is 4.79 Å². The summed E-state index contributed by atoms with van der Waals surface area (Å²) >= 11 is 0. The number of benzene rings is 2. The highest BCUT2D eigenvalue weighted by atomic mass is 16.2. The zero-order valence-corrected chi connectivity index (χ0v) is 29.1. The molecule has 244 valence electrons. The van der Waals surface area contributed by atoms with Crippen molar-refractivity contribution in [3.63, 3.8) is 0 Å². The molecule has 2 heterocycles. The molecule has 1 fully saturated rings. The van der Waals surface area contributed by atoms with Crippen molar-refractivity contribution in [1.82, 2.24) is 14.7 Å². The molecule has 1 aliphatic carbocycles. The van der Waals surface area contributed by atoms with Gasteiger partial charge in [-0.2, -0.15) is 5.10 Å². The van der Waals surface area contributed by atoms with Gasteiger partial charge in [0.15, 0.2) is 0 Å². The summed E-state index contributed by atoms with van der Waals surface area (Å²) in [6.45, 7) is 17.2. The molecule has 0 radical (unpaired) electrons. The van der Waals surface area contributed by atoms with Crippen LogP contribution in [0.5, 0.6) is 0 Å². The van der Waals surface area contributed by atoms with Crippen molar-refractivity contribution in [3.8, 4) is 0 Å². The number of carbonyl (C=O) groups is 1. The Balaban J connectivity index is 1.30. The lowest BCUT2D eigenvalue weighted by molar-refractivity contribution is -0.132. The van der Waals surface area contributed by atoms with Gasteiger partial charge in [-0.1, -0.05) is 82.3 Å². The summed E-state index contributed by atoms with van der Waals surface area (Å²) < 4.78 is 2.05. The van der Waals surface area contributed by atoms with Crippen molar-refractivity contribution in [1.29, 1.82) is 0 Å². The average Bonchev–Trinajstić information content (AvgIpc) is 3.47. The highest BCUT2D eigenvalue weighted by molar-refractivity contribution is 5.77. The van der Waals surface area contributed by atoms with Crippen LogP contribution in [0.15, 0.2) is 67.4 Å². The molecule has 1 atom stereocenters. The van der Waals surface area contributed by atoms with Crippen LogP contribution in [-0.4, -0.2) is 33.7 Å². The van der Waals surface area contributed by atoms with Crippen molar-refractivity contribution >= 4 is 17.2 Å².